The molecular formula is C58H78Cl2LiN2O6S2-. The summed E-state index contributed by atoms with van der Waals surface area (Å²) in [6.07, 6.45) is 1.08. The number of hydrogen-bond donors (Lipinski definition) is 1. The summed E-state index contributed by atoms with van der Waals surface area (Å²) in [5, 5.41) is 13.9. The normalized spacial score (nSPS) is 12.0. The fourth-order valence-electron chi connectivity index (χ4n) is 7.98. The van der Waals surface area contributed by atoms with Gasteiger partial charge in [-0.2, -0.15) is 0 Å². The Morgan fingerprint density at radius 3 is 1.25 bits per heavy atom. The Morgan fingerprint density at radius 2 is 0.944 bits per heavy atom. The van der Waals surface area contributed by atoms with E-state index < -0.39 is 16.8 Å². The summed E-state index contributed by atoms with van der Waals surface area (Å²) in [7, 11) is 0. The number of hydrogen-bond acceptors (Lipinski definition) is 7. The van der Waals surface area contributed by atoms with E-state index in [0.717, 1.165) is 39.8 Å². The Morgan fingerprint density at radius 1 is 0.592 bits per heavy atom. The fourth-order valence-corrected chi connectivity index (χ4v) is 10.7. The number of aliphatic carboxylic acids is 1. The Kier molecular flexibility index (Phi) is 23.6. The van der Waals surface area contributed by atoms with Crippen LogP contribution < -0.4 is 18.9 Å². The second kappa shape index (κ2) is 26.3. The average Bonchev–Trinajstić information content (AvgIpc) is 3.68. The Bertz CT molecular complexity index is 2690. The van der Waals surface area contributed by atoms with Crippen LogP contribution in [0.5, 0.6) is 0 Å². The number of benzene rings is 4. The minimum atomic E-state index is -0.871. The van der Waals surface area contributed by atoms with E-state index in [1.807, 2.05) is 94.5 Å². The predicted molar refractivity (Wildman–Crippen MR) is 297 cm³/mol. The largest absolute Gasteiger partial charge is 1.00 e. The summed E-state index contributed by atoms with van der Waals surface area (Å²) >= 11 is 16.1. The molecule has 71 heavy (non-hydrogen) atoms. The van der Waals surface area contributed by atoms with Crippen molar-refractivity contribution < 1.29 is 49.2 Å². The number of carboxylic acid groups (broad SMARTS) is 1. The topological polar surface area (TPSA) is 133 Å². The Balaban J connectivity index is 0.000000468. The molecule has 3 N–H and O–H groups in total. The molecular weight excluding hydrogens is 963 g/mol. The van der Waals surface area contributed by atoms with Crippen LogP contribution in [0.3, 0.4) is 0 Å². The smallest absolute Gasteiger partial charge is 0.870 e. The molecule has 4 aromatic carbocycles. The molecule has 0 unspecified atom stereocenters. The number of fused-ring (bicyclic) bond motifs is 2. The van der Waals surface area contributed by atoms with Crippen molar-refractivity contribution in [2.45, 2.75) is 151 Å². The predicted octanol–water partition coefficient (Wildman–Crippen LogP) is 13.6. The van der Waals surface area contributed by atoms with E-state index in [2.05, 4.69) is 127 Å². The number of esters is 1. The van der Waals surface area contributed by atoms with E-state index in [9.17, 15) is 14.7 Å². The summed E-state index contributed by atoms with van der Waals surface area (Å²) in [6, 6.07) is 29.5. The van der Waals surface area contributed by atoms with Gasteiger partial charge in [-0.1, -0.05) is 129 Å². The molecule has 0 bridgehead atoms. The number of rotatable bonds is 17. The van der Waals surface area contributed by atoms with Crippen molar-refractivity contribution >= 4 is 80.5 Å². The molecule has 2 aromatic heterocycles. The summed E-state index contributed by atoms with van der Waals surface area (Å²) in [4.78, 5) is 27.5. The molecule has 0 saturated carbocycles. The first-order chi connectivity index (χ1) is 31.6. The van der Waals surface area contributed by atoms with Gasteiger partial charge in [0.05, 0.1) is 17.4 Å². The number of ether oxygens (including phenoxy) is 1. The van der Waals surface area contributed by atoms with Crippen molar-refractivity contribution in [3.8, 4) is 0 Å². The van der Waals surface area contributed by atoms with Gasteiger partial charge >= 0.3 is 30.8 Å². The number of aromatic nitrogens is 2. The molecule has 0 aliphatic heterocycles. The molecule has 8 nitrogen and oxygen atoms in total. The van der Waals surface area contributed by atoms with Crippen LogP contribution in [0, 0.1) is 21.7 Å². The van der Waals surface area contributed by atoms with Crippen LogP contribution >= 0.6 is 46.7 Å². The first-order valence-corrected chi connectivity index (χ1v) is 26.8. The van der Waals surface area contributed by atoms with E-state index in [4.69, 9.17) is 27.9 Å². The standard InChI is InChI=1S/C30H40ClNO2S.C28H36ClNO2S.Li.2H2O/c1-9-34-28(33)30(7,8)17-26-27(35-19-29(4,5)6)24-16-22(20(2)3)12-15-25(24)32(26)18-21-10-13-23(31)14-11-21;1-18(2)20-10-13-23-22(14-20)25(33-17-27(3,4)5)24(15-28(6,7)26(31)32)30(23)16-19-8-11-21(29)12-9-19;;;/h10-16,20H,9,17-19H2,1-8H3;8-14,18H,15-17H2,1-7H3,(H,31,32);;2*1H2/q;;+1;;/p-2. The first-order valence-electron chi connectivity index (χ1n) is 24.1. The van der Waals surface area contributed by atoms with Crippen LogP contribution in [0.25, 0.3) is 21.8 Å². The molecule has 13 heteroatoms. The number of nitrogens with zero attached hydrogens (tertiary/aromatic N) is 2. The van der Waals surface area contributed by atoms with Gasteiger partial charge in [-0.05, 0) is 128 Å². The van der Waals surface area contributed by atoms with Crippen molar-refractivity contribution in [2.75, 3.05) is 18.1 Å². The second-order valence-electron chi connectivity index (χ2n) is 22.7. The molecule has 0 atom stereocenters. The minimum Gasteiger partial charge on any atom is -0.870 e. The van der Waals surface area contributed by atoms with Gasteiger partial charge < -0.3 is 29.9 Å². The van der Waals surface area contributed by atoms with Gasteiger partial charge in [-0.15, -0.1) is 23.5 Å². The molecule has 384 valence electrons. The van der Waals surface area contributed by atoms with Crippen LogP contribution in [0.4, 0.5) is 0 Å². The molecule has 0 amide bonds. The van der Waals surface area contributed by atoms with Gasteiger partial charge in [0.15, 0.2) is 0 Å². The van der Waals surface area contributed by atoms with Gasteiger partial charge in [0.25, 0.3) is 0 Å². The summed E-state index contributed by atoms with van der Waals surface area (Å²) < 4.78 is 10.2. The van der Waals surface area contributed by atoms with Crippen LogP contribution in [0.2, 0.25) is 10.0 Å². The molecule has 2 heterocycles. The zero-order chi connectivity index (χ0) is 50.5. The Labute approximate surface area is 455 Å². The third kappa shape index (κ3) is 17.1. The quantitative estimate of drug-likeness (QED) is 0.0542. The van der Waals surface area contributed by atoms with Gasteiger partial charge in [0.1, 0.15) is 0 Å². The van der Waals surface area contributed by atoms with E-state index in [1.54, 1.807) is 0 Å². The molecule has 0 aliphatic rings. The van der Waals surface area contributed by atoms with Crippen molar-refractivity contribution in [3.63, 3.8) is 0 Å². The summed E-state index contributed by atoms with van der Waals surface area (Å²) in [5.41, 5.74) is 8.44. The van der Waals surface area contributed by atoms with Crippen molar-refractivity contribution in [3.05, 3.63) is 129 Å². The van der Waals surface area contributed by atoms with Gasteiger partial charge in [-0.3, -0.25) is 9.59 Å². The van der Waals surface area contributed by atoms with E-state index in [1.165, 1.54) is 48.5 Å². The average molecular weight is 1040 g/mol. The Hall–Kier alpha value is -3.30. The number of halogens is 2. The number of carbonyl (C=O) groups is 2. The third-order valence-corrected chi connectivity index (χ3v) is 16.1. The maximum atomic E-state index is 12.9. The number of thioether (sulfide) groups is 2. The molecule has 0 radical (unpaired) electrons. The molecule has 0 aliphatic carbocycles. The summed E-state index contributed by atoms with van der Waals surface area (Å²) in [6.45, 7) is 33.7. The van der Waals surface area contributed by atoms with Crippen LogP contribution in [0.15, 0.2) is 94.7 Å². The van der Waals surface area contributed by atoms with E-state index in [-0.39, 0.29) is 46.6 Å². The van der Waals surface area contributed by atoms with E-state index >= 15 is 0 Å². The third-order valence-electron chi connectivity index (χ3n) is 12.1. The number of carbonyl (C=O) groups excluding carboxylic acids is 1. The molecule has 0 fully saturated rings. The van der Waals surface area contributed by atoms with Crippen LogP contribution in [-0.4, -0.2) is 55.2 Å². The molecule has 6 aromatic rings. The van der Waals surface area contributed by atoms with Crippen molar-refractivity contribution in [1.82, 2.24) is 9.13 Å². The summed E-state index contributed by atoms with van der Waals surface area (Å²) in [5.74, 6) is 1.89. The van der Waals surface area contributed by atoms with Gasteiger partial charge in [-0.25, -0.2) is 0 Å². The van der Waals surface area contributed by atoms with Gasteiger partial charge in [0, 0.05) is 90.5 Å². The number of carboxylic acids is 1. The van der Waals surface area contributed by atoms with Crippen molar-refractivity contribution in [1.29, 1.82) is 0 Å². The SMILES string of the molecule is CC(C)c1ccc2c(c1)c(SCC(C)(C)C)c(CC(C)(C)C(=O)O)n2Cc1ccc(Cl)cc1.CCOC(=O)C(C)(C)Cc1c(SCC(C)(C)C)c2cc(C(C)C)ccc2n1Cc1ccc(Cl)cc1.[Li+].[OH-].[OH-]. The minimum absolute atomic E-state index is 0. The fraction of sp³-hybridized carbons (Fsp3) is 0.483. The maximum absolute atomic E-state index is 12.9. The zero-order valence-electron chi connectivity index (χ0n) is 45.2. The second-order valence-corrected chi connectivity index (χ2v) is 25.5. The van der Waals surface area contributed by atoms with Gasteiger partial charge in [0.2, 0.25) is 0 Å². The first kappa shape index (κ1) is 63.8. The maximum Gasteiger partial charge on any atom is 1.00 e. The molecule has 0 saturated heterocycles. The molecule has 6 rings (SSSR count). The zero-order valence-corrected chi connectivity index (χ0v) is 48.4. The van der Waals surface area contributed by atoms with Crippen LogP contribution in [-0.2, 0) is 40.3 Å². The molecule has 0 spiro atoms. The monoisotopic (exact) mass is 1040 g/mol. The van der Waals surface area contributed by atoms with Crippen LogP contribution in [0.1, 0.15) is 149 Å². The van der Waals surface area contributed by atoms with E-state index in [0.29, 0.717) is 42.9 Å². The van der Waals surface area contributed by atoms with Crippen molar-refractivity contribution in [2.24, 2.45) is 21.7 Å².